The highest BCUT2D eigenvalue weighted by Gasteiger charge is 2.34. The van der Waals surface area contributed by atoms with Crippen LogP contribution in [0.4, 0.5) is 5.82 Å². The second-order valence-electron chi connectivity index (χ2n) is 7.87. The number of rotatable bonds is 7. The van der Waals surface area contributed by atoms with Crippen LogP contribution in [-0.2, 0) is 13.6 Å². The molecule has 1 saturated heterocycles. The van der Waals surface area contributed by atoms with Gasteiger partial charge in [-0.2, -0.15) is 5.10 Å². The molecule has 130 valence electrons. The van der Waals surface area contributed by atoms with Gasteiger partial charge in [0, 0.05) is 45.8 Å². The summed E-state index contributed by atoms with van der Waals surface area (Å²) in [5.41, 5.74) is 2.60. The summed E-state index contributed by atoms with van der Waals surface area (Å²) in [6, 6.07) is 0.922. The van der Waals surface area contributed by atoms with E-state index >= 15 is 0 Å². The maximum absolute atomic E-state index is 4.75. The number of hydrogen-bond acceptors (Lipinski definition) is 4. The number of hydrogen-bond donors (Lipinski definition) is 1. The fourth-order valence-corrected chi connectivity index (χ4v) is 3.97. The molecule has 3 rings (SSSR count). The van der Waals surface area contributed by atoms with Crippen molar-refractivity contribution in [1.82, 2.24) is 20.0 Å². The number of nitrogens with one attached hydrogen (secondary N) is 1. The highest BCUT2D eigenvalue weighted by Crippen LogP contribution is 2.31. The van der Waals surface area contributed by atoms with Gasteiger partial charge in [-0.1, -0.05) is 13.8 Å². The van der Waals surface area contributed by atoms with Crippen molar-refractivity contribution in [3.8, 4) is 0 Å². The first-order valence-electron chi connectivity index (χ1n) is 9.15. The lowest BCUT2D eigenvalue weighted by Gasteiger charge is -2.18. The van der Waals surface area contributed by atoms with Gasteiger partial charge < -0.3 is 15.1 Å². The Labute approximate surface area is 141 Å². The van der Waals surface area contributed by atoms with Crippen molar-refractivity contribution in [2.45, 2.75) is 51.6 Å². The first-order valence-corrected chi connectivity index (χ1v) is 9.15. The van der Waals surface area contributed by atoms with E-state index in [0.717, 1.165) is 25.0 Å². The van der Waals surface area contributed by atoms with E-state index in [1.165, 1.54) is 49.4 Å². The molecule has 0 bridgehead atoms. The van der Waals surface area contributed by atoms with E-state index in [1.54, 1.807) is 0 Å². The lowest BCUT2D eigenvalue weighted by Crippen LogP contribution is -2.28. The lowest BCUT2D eigenvalue weighted by atomic mass is 10.0. The maximum atomic E-state index is 4.75. The predicted molar refractivity (Wildman–Crippen MR) is 96.0 cm³/mol. The van der Waals surface area contributed by atoms with Gasteiger partial charge in [0.15, 0.2) is 0 Å². The highest BCUT2D eigenvalue weighted by molar-refractivity contribution is 5.50. The summed E-state index contributed by atoms with van der Waals surface area (Å²) >= 11 is 0. The monoisotopic (exact) mass is 319 g/mol. The van der Waals surface area contributed by atoms with E-state index in [-0.39, 0.29) is 0 Å². The van der Waals surface area contributed by atoms with Crippen LogP contribution < -0.4 is 10.2 Å². The van der Waals surface area contributed by atoms with Crippen molar-refractivity contribution in [2.75, 3.05) is 38.6 Å². The average Bonchev–Trinajstić information content (AvgIpc) is 3.13. The Morgan fingerprint density at radius 3 is 2.61 bits per heavy atom. The van der Waals surface area contributed by atoms with Gasteiger partial charge in [-0.05, 0) is 44.2 Å². The van der Waals surface area contributed by atoms with Crippen LogP contribution in [0.1, 0.15) is 50.3 Å². The van der Waals surface area contributed by atoms with Crippen LogP contribution in [0.3, 0.4) is 0 Å². The minimum atomic E-state index is 0.462. The van der Waals surface area contributed by atoms with Crippen LogP contribution in [0.25, 0.3) is 0 Å². The topological polar surface area (TPSA) is 36.3 Å². The molecule has 0 amide bonds. The molecule has 0 aromatic carbocycles. The van der Waals surface area contributed by atoms with Crippen molar-refractivity contribution < 1.29 is 0 Å². The number of aryl methyl sites for hydroxylation is 1. The Morgan fingerprint density at radius 2 is 2.00 bits per heavy atom. The molecule has 1 aromatic heterocycles. The van der Waals surface area contributed by atoms with Gasteiger partial charge in [0.2, 0.25) is 0 Å². The van der Waals surface area contributed by atoms with Gasteiger partial charge in [0.1, 0.15) is 5.82 Å². The molecule has 0 radical (unpaired) electrons. The van der Waals surface area contributed by atoms with Crippen molar-refractivity contribution in [2.24, 2.45) is 13.0 Å². The van der Waals surface area contributed by atoms with Gasteiger partial charge in [0.05, 0.1) is 5.69 Å². The average molecular weight is 319 g/mol. The van der Waals surface area contributed by atoms with E-state index in [1.807, 2.05) is 4.68 Å². The highest BCUT2D eigenvalue weighted by atomic mass is 15.4. The second kappa shape index (κ2) is 6.81. The molecule has 1 atom stereocenters. The molecule has 1 saturated carbocycles. The number of aromatic nitrogens is 2. The van der Waals surface area contributed by atoms with E-state index in [9.17, 15) is 0 Å². The van der Waals surface area contributed by atoms with Crippen LogP contribution in [0, 0.1) is 5.92 Å². The third-order valence-corrected chi connectivity index (χ3v) is 5.23. The summed E-state index contributed by atoms with van der Waals surface area (Å²) < 4.78 is 2.02. The largest absolute Gasteiger partial charge is 0.363 e. The van der Waals surface area contributed by atoms with E-state index in [4.69, 9.17) is 5.10 Å². The van der Waals surface area contributed by atoms with Crippen molar-refractivity contribution in [3.63, 3.8) is 0 Å². The van der Waals surface area contributed by atoms with E-state index < -0.39 is 0 Å². The molecule has 0 spiro atoms. The standard InChI is InChI=1S/C18H33N5/c1-13(2)17-16(18(21(3)4)22(5)20-17)11-19-10-14-8-9-23(12-14)15-6-7-15/h13-15,19H,6-12H2,1-5H3/t14-/m1/s1. The maximum Gasteiger partial charge on any atom is 0.130 e. The van der Waals surface area contributed by atoms with Gasteiger partial charge in [0.25, 0.3) is 0 Å². The molecular formula is C18H33N5. The zero-order valence-corrected chi connectivity index (χ0v) is 15.5. The Balaban J connectivity index is 1.59. The third-order valence-electron chi connectivity index (χ3n) is 5.23. The van der Waals surface area contributed by atoms with Gasteiger partial charge in [-0.3, -0.25) is 4.68 Å². The van der Waals surface area contributed by atoms with Crippen LogP contribution in [0.2, 0.25) is 0 Å². The van der Waals surface area contributed by atoms with Gasteiger partial charge in [-0.15, -0.1) is 0 Å². The fourth-order valence-electron chi connectivity index (χ4n) is 3.97. The normalized spacial score (nSPS) is 22.3. The molecule has 0 unspecified atom stereocenters. The lowest BCUT2D eigenvalue weighted by molar-refractivity contribution is 0.312. The summed E-state index contributed by atoms with van der Waals surface area (Å²) in [7, 11) is 6.26. The molecule has 23 heavy (non-hydrogen) atoms. The predicted octanol–water partition coefficient (Wildman–Crippen LogP) is 2.18. The first kappa shape index (κ1) is 16.8. The number of nitrogens with zero attached hydrogens (tertiary/aromatic N) is 4. The smallest absolute Gasteiger partial charge is 0.130 e. The summed E-state index contributed by atoms with van der Waals surface area (Å²) in [5.74, 6) is 2.51. The number of likely N-dealkylation sites (tertiary alicyclic amines) is 1. The first-order chi connectivity index (χ1) is 11.0. The second-order valence-corrected chi connectivity index (χ2v) is 7.87. The molecule has 2 fully saturated rings. The minimum absolute atomic E-state index is 0.462. The molecule has 5 nitrogen and oxygen atoms in total. The van der Waals surface area contributed by atoms with Crippen LogP contribution in [0.15, 0.2) is 0 Å². The molecule has 1 aliphatic heterocycles. The van der Waals surface area contributed by atoms with Crippen molar-refractivity contribution >= 4 is 5.82 Å². The summed E-state index contributed by atoms with van der Waals surface area (Å²) in [5, 5.41) is 8.47. The molecular weight excluding hydrogens is 286 g/mol. The minimum Gasteiger partial charge on any atom is -0.363 e. The zero-order valence-electron chi connectivity index (χ0n) is 15.5. The van der Waals surface area contributed by atoms with Crippen LogP contribution in [0.5, 0.6) is 0 Å². The SMILES string of the molecule is CC(C)c1nn(C)c(N(C)C)c1CNC[C@H]1CCN(C2CC2)C1. The Kier molecular flexibility index (Phi) is 4.97. The number of anilines is 1. The van der Waals surface area contributed by atoms with Crippen molar-refractivity contribution in [3.05, 3.63) is 11.3 Å². The Morgan fingerprint density at radius 1 is 1.26 bits per heavy atom. The van der Waals surface area contributed by atoms with E-state index in [2.05, 4.69) is 50.1 Å². The van der Waals surface area contributed by atoms with Crippen molar-refractivity contribution in [1.29, 1.82) is 0 Å². The van der Waals surface area contributed by atoms with E-state index in [0.29, 0.717) is 5.92 Å². The van der Waals surface area contributed by atoms with Crippen LogP contribution in [-0.4, -0.2) is 54.5 Å². The molecule has 1 aliphatic carbocycles. The molecule has 2 aliphatic rings. The molecule has 1 aromatic rings. The van der Waals surface area contributed by atoms with Gasteiger partial charge >= 0.3 is 0 Å². The van der Waals surface area contributed by atoms with Gasteiger partial charge in [-0.25, -0.2) is 0 Å². The Hall–Kier alpha value is -1.07. The third kappa shape index (κ3) is 3.72. The molecule has 1 N–H and O–H groups in total. The summed E-state index contributed by atoms with van der Waals surface area (Å²) in [6.45, 7) is 9.12. The zero-order chi connectivity index (χ0) is 16.6. The molecule has 2 heterocycles. The van der Waals surface area contributed by atoms with Crippen LogP contribution >= 0.6 is 0 Å². The quantitative estimate of drug-likeness (QED) is 0.836. The summed E-state index contributed by atoms with van der Waals surface area (Å²) in [4.78, 5) is 4.88. The fraction of sp³-hybridized carbons (Fsp3) is 0.833. The Bertz CT molecular complexity index is 530. The molecule has 5 heteroatoms. The summed E-state index contributed by atoms with van der Waals surface area (Å²) in [6.07, 6.45) is 4.22.